The molecule has 0 aliphatic carbocycles. The first kappa shape index (κ1) is 19.4. The first-order chi connectivity index (χ1) is 13.3. The van der Waals surface area contributed by atoms with Crippen LogP contribution in [0.3, 0.4) is 0 Å². The van der Waals surface area contributed by atoms with E-state index in [1.165, 1.54) is 0 Å². The lowest BCUT2D eigenvalue weighted by molar-refractivity contribution is 0.362. The first-order valence-corrected chi connectivity index (χ1v) is 10.5. The lowest BCUT2D eigenvalue weighted by Gasteiger charge is -2.38. The van der Waals surface area contributed by atoms with Gasteiger partial charge in [0.1, 0.15) is 5.82 Å². The number of rotatable bonds is 3. The van der Waals surface area contributed by atoms with Gasteiger partial charge < -0.3 is 10.6 Å². The van der Waals surface area contributed by atoms with Crippen LogP contribution in [0.15, 0.2) is 38.9 Å². The van der Waals surface area contributed by atoms with E-state index >= 15 is 0 Å². The monoisotopic (exact) mass is 417 g/mol. The number of H-pyrrole nitrogens is 1. The van der Waals surface area contributed by atoms with E-state index in [0.717, 1.165) is 57.7 Å². The molecule has 0 bridgehead atoms. The number of aromatic amines is 1. The van der Waals surface area contributed by atoms with Crippen molar-refractivity contribution in [2.24, 2.45) is 5.73 Å². The van der Waals surface area contributed by atoms with Crippen LogP contribution < -0.4 is 16.3 Å². The van der Waals surface area contributed by atoms with Crippen molar-refractivity contribution in [1.29, 1.82) is 0 Å². The van der Waals surface area contributed by atoms with Crippen LogP contribution >= 0.6 is 23.4 Å². The second-order valence-corrected chi connectivity index (χ2v) is 9.27. The molecule has 28 heavy (non-hydrogen) atoms. The van der Waals surface area contributed by atoms with Crippen LogP contribution in [-0.2, 0) is 0 Å². The number of nitrogens with zero attached hydrogens (tertiary/aromatic N) is 3. The SMILES string of the molecule is Cc1cc(N2CCC(C)(N)CC2)n2c(=O)[nH]nc2c1Sc1cccc(Cl)c1C. The first-order valence-electron chi connectivity index (χ1n) is 9.34. The summed E-state index contributed by atoms with van der Waals surface area (Å²) in [6, 6.07) is 7.93. The Labute approximate surface area is 173 Å². The van der Waals surface area contributed by atoms with Gasteiger partial charge in [0.2, 0.25) is 0 Å². The molecule has 1 aliphatic rings. The molecule has 0 amide bonds. The van der Waals surface area contributed by atoms with E-state index in [0.29, 0.717) is 5.65 Å². The number of aryl methyl sites for hydroxylation is 1. The van der Waals surface area contributed by atoms with Gasteiger partial charge in [-0.15, -0.1) is 0 Å². The molecule has 148 valence electrons. The predicted molar refractivity (Wildman–Crippen MR) is 115 cm³/mol. The molecule has 0 saturated carbocycles. The number of nitrogens with two attached hydrogens (primary N) is 1. The van der Waals surface area contributed by atoms with Gasteiger partial charge in [-0.05, 0) is 62.9 Å². The average molecular weight is 418 g/mol. The summed E-state index contributed by atoms with van der Waals surface area (Å²) < 4.78 is 1.67. The molecule has 3 heterocycles. The van der Waals surface area contributed by atoms with Crippen LogP contribution in [0.4, 0.5) is 5.82 Å². The van der Waals surface area contributed by atoms with Crippen LogP contribution in [0.5, 0.6) is 0 Å². The third kappa shape index (κ3) is 3.43. The number of hydrogen-bond donors (Lipinski definition) is 2. The zero-order valence-corrected chi connectivity index (χ0v) is 17.8. The number of piperidine rings is 1. The fraction of sp³-hybridized carbons (Fsp3) is 0.400. The molecule has 4 rings (SSSR count). The largest absolute Gasteiger partial charge is 0.357 e. The van der Waals surface area contributed by atoms with Crippen molar-refractivity contribution in [3.8, 4) is 0 Å². The van der Waals surface area contributed by atoms with E-state index < -0.39 is 0 Å². The Hall–Kier alpha value is -1.96. The number of pyridine rings is 1. The van der Waals surface area contributed by atoms with Crippen molar-refractivity contribution in [2.75, 3.05) is 18.0 Å². The zero-order valence-electron chi connectivity index (χ0n) is 16.3. The summed E-state index contributed by atoms with van der Waals surface area (Å²) in [5, 5.41) is 7.68. The minimum atomic E-state index is -0.226. The standard InChI is InChI=1S/C20H24ClN5OS/c1-12-11-16(25-9-7-20(3,22)8-10-25)26-18(23-24-19(26)27)17(12)28-15-6-4-5-14(21)13(15)2/h4-6,11H,7-10,22H2,1-3H3,(H,24,27). The Morgan fingerprint density at radius 3 is 2.71 bits per heavy atom. The van der Waals surface area contributed by atoms with E-state index in [1.807, 2.05) is 25.1 Å². The Kier molecular flexibility index (Phi) is 4.93. The van der Waals surface area contributed by atoms with Crippen molar-refractivity contribution in [3.05, 3.63) is 50.9 Å². The van der Waals surface area contributed by atoms with Crippen LogP contribution in [0, 0.1) is 13.8 Å². The highest BCUT2D eigenvalue weighted by atomic mass is 35.5. The van der Waals surface area contributed by atoms with Gasteiger partial charge in [0.05, 0.1) is 4.90 Å². The molecule has 0 atom stereocenters. The lowest BCUT2D eigenvalue weighted by atomic mass is 9.91. The average Bonchev–Trinajstić information content (AvgIpc) is 3.03. The zero-order chi connectivity index (χ0) is 20.1. The van der Waals surface area contributed by atoms with Gasteiger partial charge in [-0.3, -0.25) is 0 Å². The molecule has 0 radical (unpaired) electrons. The smallest absolute Gasteiger partial charge is 0.349 e. The summed E-state index contributed by atoms with van der Waals surface area (Å²) >= 11 is 7.87. The van der Waals surface area contributed by atoms with Crippen LogP contribution in [0.1, 0.15) is 30.9 Å². The topological polar surface area (TPSA) is 79.4 Å². The molecular formula is C20H24ClN5OS. The second-order valence-electron chi connectivity index (χ2n) is 7.81. The summed E-state index contributed by atoms with van der Waals surface area (Å²) in [5.41, 5.74) is 8.65. The summed E-state index contributed by atoms with van der Waals surface area (Å²) in [5.74, 6) is 0.869. The summed E-state index contributed by atoms with van der Waals surface area (Å²) in [6.45, 7) is 7.78. The van der Waals surface area contributed by atoms with Gasteiger partial charge in [0, 0.05) is 28.5 Å². The number of hydrogen-bond acceptors (Lipinski definition) is 5. The highest BCUT2D eigenvalue weighted by molar-refractivity contribution is 7.99. The summed E-state index contributed by atoms with van der Waals surface area (Å²) in [4.78, 5) is 16.8. The molecule has 0 unspecified atom stereocenters. The molecular weight excluding hydrogens is 394 g/mol. The predicted octanol–water partition coefficient (Wildman–Crippen LogP) is 3.76. The van der Waals surface area contributed by atoms with Gasteiger partial charge in [0.25, 0.3) is 0 Å². The van der Waals surface area contributed by atoms with Crippen molar-refractivity contribution >= 4 is 34.8 Å². The lowest BCUT2D eigenvalue weighted by Crippen LogP contribution is -2.48. The molecule has 1 aliphatic heterocycles. The molecule has 2 aromatic heterocycles. The van der Waals surface area contributed by atoms with E-state index in [4.69, 9.17) is 17.3 Å². The normalized spacial score (nSPS) is 16.7. The molecule has 1 saturated heterocycles. The molecule has 6 nitrogen and oxygen atoms in total. The second kappa shape index (κ2) is 7.13. The van der Waals surface area contributed by atoms with E-state index in [1.54, 1.807) is 16.2 Å². The number of halogens is 1. The minimum Gasteiger partial charge on any atom is -0.357 e. The van der Waals surface area contributed by atoms with Crippen molar-refractivity contribution in [1.82, 2.24) is 14.6 Å². The maximum absolute atomic E-state index is 12.6. The maximum atomic E-state index is 12.6. The number of aromatic nitrogens is 3. The highest BCUT2D eigenvalue weighted by Crippen LogP contribution is 2.38. The van der Waals surface area contributed by atoms with Crippen LogP contribution in [-0.4, -0.2) is 33.2 Å². The maximum Gasteiger partial charge on any atom is 0.349 e. The molecule has 1 aromatic carbocycles. The van der Waals surface area contributed by atoms with Gasteiger partial charge in [-0.2, -0.15) is 5.10 Å². The Morgan fingerprint density at radius 1 is 1.29 bits per heavy atom. The molecule has 8 heteroatoms. The van der Waals surface area contributed by atoms with Crippen LogP contribution in [0.25, 0.3) is 5.65 Å². The Balaban J connectivity index is 1.80. The molecule has 1 fully saturated rings. The summed E-state index contributed by atoms with van der Waals surface area (Å²) in [7, 11) is 0. The number of anilines is 1. The Bertz CT molecular complexity index is 1090. The Morgan fingerprint density at radius 2 is 2.00 bits per heavy atom. The van der Waals surface area contributed by atoms with E-state index in [-0.39, 0.29) is 11.2 Å². The number of fused-ring (bicyclic) bond motifs is 1. The van der Waals surface area contributed by atoms with Crippen molar-refractivity contribution in [3.63, 3.8) is 0 Å². The fourth-order valence-corrected chi connectivity index (χ4v) is 4.88. The minimum absolute atomic E-state index is 0.147. The van der Waals surface area contributed by atoms with Crippen LogP contribution in [0.2, 0.25) is 5.02 Å². The molecule has 3 aromatic rings. The molecule has 3 N–H and O–H groups in total. The third-order valence-electron chi connectivity index (χ3n) is 5.47. The third-order valence-corrected chi connectivity index (χ3v) is 7.25. The number of nitrogens with one attached hydrogen (secondary N) is 1. The quantitative estimate of drug-likeness (QED) is 0.678. The van der Waals surface area contributed by atoms with Crippen molar-refractivity contribution in [2.45, 2.75) is 48.9 Å². The highest BCUT2D eigenvalue weighted by Gasteiger charge is 2.28. The van der Waals surface area contributed by atoms with E-state index in [9.17, 15) is 4.79 Å². The van der Waals surface area contributed by atoms with Crippen molar-refractivity contribution < 1.29 is 0 Å². The fourth-order valence-electron chi connectivity index (χ4n) is 3.58. The van der Waals surface area contributed by atoms with Gasteiger partial charge >= 0.3 is 5.69 Å². The summed E-state index contributed by atoms with van der Waals surface area (Å²) in [6.07, 6.45) is 1.77. The van der Waals surface area contributed by atoms with Gasteiger partial charge in [-0.1, -0.05) is 29.4 Å². The molecule has 0 spiro atoms. The van der Waals surface area contributed by atoms with E-state index in [2.05, 4.69) is 35.0 Å². The van der Waals surface area contributed by atoms with Gasteiger partial charge in [0.15, 0.2) is 5.65 Å². The number of benzene rings is 1. The van der Waals surface area contributed by atoms with Gasteiger partial charge in [-0.25, -0.2) is 14.3 Å².